The Kier molecular flexibility index (Phi) is 18.8. The van der Waals surface area contributed by atoms with Crippen molar-refractivity contribution < 1.29 is 33.6 Å². The molecule has 81 heavy (non-hydrogen) atoms. The largest absolute Gasteiger partial charge is 0.347 e. The van der Waals surface area contributed by atoms with Gasteiger partial charge in [0.1, 0.15) is 18.1 Å². The summed E-state index contributed by atoms with van der Waals surface area (Å²) in [5.41, 5.74) is 4.62. The summed E-state index contributed by atoms with van der Waals surface area (Å²) in [5, 5.41) is 20.4. The molecule has 1 unspecified atom stereocenters. The number of likely N-dealkylation sites (N-methyl/N-ethyl adjacent to an activating group) is 2. The smallest absolute Gasteiger partial charge is 0.253 e. The molecule has 5 aromatic rings. The highest BCUT2D eigenvalue weighted by atomic mass is 16.2. The van der Waals surface area contributed by atoms with Gasteiger partial charge in [0, 0.05) is 43.3 Å². The average molecular weight is 1100 g/mol. The third kappa shape index (κ3) is 14.2. The molecule has 0 spiro atoms. The van der Waals surface area contributed by atoms with Crippen molar-refractivity contribution in [2.75, 3.05) is 33.7 Å². The van der Waals surface area contributed by atoms with Gasteiger partial charge in [-0.25, -0.2) is 0 Å². The molecule has 1 aliphatic carbocycles. The Morgan fingerprint density at radius 1 is 0.642 bits per heavy atom. The number of aryl methyl sites for hydroxylation is 1. The van der Waals surface area contributed by atoms with Crippen molar-refractivity contribution >= 4 is 52.1 Å². The monoisotopic (exact) mass is 1100 g/mol. The van der Waals surface area contributed by atoms with Crippen LogP contribution in [0.15, 0.2) is 115 Å². The lowest BCUT2D eigenvalue weighted by Crippen LogP contribution is -2.61. The first kappa shape index (κ1) is 59.7. The molecule has 1 saturated heterocycles. The highest BCUT2D eigenvalue weighted by Crippen LogP contribution is 2.33. The second kappa shape index (κ2) is 25.6. The maximum atomic E-state index is 15.1. The van der Waals surface area contributed by atoms with Gasteiger partial charge in [-0.3, -0.25) is 33.6 Å². The summed E-state index contributed by atoms with van der Waals surface area (Å²) in [5.74, 6) is -2.34. The van der Waals surface area contributed by atoms with E-state index in [4.69, 9.17) is 0 Å². The fourth-order valence-corrected chi connectivity index (χ4v) is 11.4. The van der Waals surface area contributed by atoms with E-state index in [1.807, 2.05) is 95.0 Å². The molecule has 2 heterocycles. The van der Waals surface area contributed by atoms with Gasteiger partial charge in [-0.15, -0.1) is 0 Å². The Balaban J connectivity index is 1.05. The standard InChI is InChI=1S/C65H83N9O7/c1-40(66-9)57(75)70-55(64(3,4)5)62(80)73-37-49-22-14-13-21-48(49)35-51(73)39-72(33-32-42-26-27-43-18-11-12-20-47(43)34-42)61(79)46-30-28-45(29-31-46)59(77)68-50-36-54(60(78)69-53-25-17-23-44-19-15-16-24-52(44)53)74(38-50)63(81)56(65(6,7)8)71-58(76)41(2)67-10/h11-16,18-22,24,26-31,34,40-41,50-51,53-56,66-67H,17,23,25,32-33,35-39H2,1-10H3,(H,68,77)(H,69,78)(H,70,75)(H,71,76)/t40-,41-,50?,51-,53+,54-,55+,56+/m0/s1. The fraction of sp³-hybridized carbons (Fsp3) is 0.462. The van der Waals surface area contributed by atoms with Crippen LogP contribution in [0.5, 0.6) is 0 Å². The number of amides is 7. The summed E-state index contributed by atoms with van der Waals surface area (Å²) in [4.78, 5) is 105. The SMILES string of the molecule is CN[C@@H](C)C(=O)N[C@H](C(=O)N1Cc2ccccc2C[C@H]1CN(CCc1ccc2ccccc2c1)C(=O)c1ccc(C(=O)NC2C[C@@H](C(=O)N[C@@H]3CCCc4ccccc43)N(C(=O)[C@@H](NC(=O)[C@H](C)NC)C(C)(C)C)C2)cc1)C(C)(C)C. The molecule has 0 saturated carbocycles. The van der Waals surface area contributed by atoms with Crippen LogP contribution in [-0.4, -0.2) is 132 Å². The molecule has 16 heteroatoms. The number of hydrogen-bond acceptors (Lipinski definition) is 9. The minimum Gasteiger partial charge on any atom is -0.347 e. The quantitative estimate of drug-likeness (QED) is 0.0556. The molecule has 5 aromatic carbocycles. The van der Waals surface area contributed by atoms with Crippen molar-refractivity contribution in [1.29, 1.82) is 0 Å². The maximum Gasteiger partial charge on any atom is 0.253 e. The van der Waals surface area contributed by atoms with Crippen molar-refractivity contribution in [3.63, 3.8) is 0 Å². The molecule has 0 radical (unpaired) electrons. The number of carbonyl (C=O) groups is 7. The minimum atomic E-state index is -0.976. The number of rotatable bonds is 18. The number of benzene rings is 5. The molecule has 1 fully saturated rings. The second-order valence-electron chi connectivity index (χ2n) is 24.6. The summed E-state index contributed by atoms with van der Waals surface area (Å²) in [6.07, 6.45) is 3.72. The number of fused-ring (bicyclic) bond motifs is 3. The number of carbonyl (C=O) groups excluding carboxylic acids is 7. The molecule has 3 aliphatic rings. The first-order valence-electron chi connectivity index (χ1n) is 28.7. The van der Waals surface area contributed by atoms with E-state index < -0.39 is 64.9 Å². The Hall–Kier alpha value is -7.43. The zero-order chi connectivity index (χ0) is 58.3. The van der Waals surface area contributed by atoms with Gasteiger partial charge >= 0.3 is 0 Å². The molecular weight excluding hydrogens is 1020 g/mol. The van der Waals surface area contributed by atoms with Gasteiger partial charge < -0.3 is 46.6 Å². The maximum absolute atomic E-state index is 15.1. The Morgan fingerprint density at radius 2 is 1.21 bits per heavy atom. The predicted octanol–water partition coefficient (Wildman–Crippen LogP) is 6.65. The molecule has 2 aliphatic heterocycles. The Morgan fingerprint density at radius 3 is 1.84 bits per heavy atom. The molecule has 0 bridgehead atoms. The first-order chi connectivity index (χ1) is 38.5. The van der Waals surface area contributed by atoms with Crippen LogP contribution in [0, 0.1) is 10.8 Å². The predicted molar refractivity (Wildman–Crippen MR) is 316 cm³/mol. The van der Waals surface area contributed by atoms with Crippen molar-refractivity contribution in [3.05, 3.63) is 154 Å². The van der Waals surface area contributed by atoms with Gasteiger partial charge in [-0.1, -0.05) is 133 Å². The van der Waals surface area contributed by atoms with Crippen LogP contribution in [0.4, 0.5) is 0 Å². The lowest BCUT2D eigenvalue weighted by Gasteiger charge is -2.43. The summed E-state index contributed by atoms with van der Waals surface area (Å²) in [7, 11) is 3.37. The molecule has 7 amide bonds. The van der Waals surface area contributed by atoms with Crippen LogP contribution < -0.4 is 31.9 Å². The van der Waals surface area contributed by atoms with Gasteiger partial charge in [0.25, 0.3) is 11.8 Å². The zero-order valence-corrected chi connectivity index (χ0v) is 48.9. The Bertz CT molecular complexity index is 3110. The second-order valence-corrected chi connectivity index (χ2v) is 24.6. The van der Waals surface area contributed by atoms with Crippen molar-refractivity contribution in [3.8, 4) is 0 Å². The number of likely N-dealkylation sites (tertiary alicyclic amines) is 1. The summed E-state index contributed by atoms with van der Waals surface area (Å²) >= 11 is 0. The molecule has 16 nitrogen and oxygen atoms in total. The van der Waals surface area contributed by atoms with Gasteiger partial charge in [0.05, 0.1) is 24.2 Å². The van der Waals surface area contributed by atoms with E-state index in [0.29, 0.717) is 31.5 Å². The van der Waals surface area contributed by atoms with Crippen LogP contribution in [0.2, 0.25) is 0 Å². The van der Waals surface area contributed by atoms with Crippen LogP contribution >= 0.6 is 0 Å². The van der Waals surface area contributed by atoms with Crippen molar-refractivity contribution in [1.82, 2.24) is 46.6 Å². The summed E-state index contributed by atoms with van der Waals surface area (Å²) in [6.45, 7) is 15.7. The number of hydrogen-bond donors (Lipinski definition) is 6. The van der Waals surface area contributed by atoms with Gasteiger partial charge in [-0.05, 0) is 140 Å². The topological polar surface area (TPSA) is 201 Å². The summed E-state index contributed by atoms with van der Waals surface area (Å²) < 4.78 is 0. The van der Waals surface area contributed by atoms with Crippen molar-refractivity contribution in [2.45, 2.75) is 149 Å². The number of nitrogens with one attached hydrogen (secondary N) is 6. The third-order valence-corrected chi connectivity index (χ3v) is 16.6. The van der Waals surface area contributed by atoms with E-state index >= 15 is 9.59 Å². The highest BCUT2D eigenvalue weighted by Gasteiger charge is 2.47. The van der Waals surface area contributed by atoms with Crippen LogP contribution in [0.3, 0.4) is 0 Å². The zero-order valence-electron chi connectivity index (χ0n) is 48.9. The minimum absolute atomic E-state index is 0.0276. The molecule has 8 atom stereocenters. The van der Waals surface area contributed by atoms with Gasteiger partial charge in [-0.2, -0.15) is 0 Å². The van der Waals surface area contributed by atoms with E-state index in [1.54, 1.807) is 57.1 Å². The molecular formula is C65H83N9O7. The lowest BCUT2D eigenvalue weighted by molar-refractivity contribution is -0.144. The molecule has 6 N–H and O–H groups in total. The van der Waals surface area contributed by atoms with E-state index in [1.165, 1.54) is 10.5 Å². The Labute approximate surface area is 477 Å². The third-order valence-electron chi connectivity index (χ3n) is 16.6. The van der Waals surface area contributed by atoms with Gasteiger partial charge in [0.2, 0.25) is 29.5 Å². The highest BCUT2D eigenvalue weighted by molar-refractivity contribution is 5.99. The van der Waals surface area contributed by atoms with Crippen LogP contribution in [0.1, 0.15) is 129 Å². The van der Waals surface area contributed by atoms with E-state index in [0.717, 1.165) is 52.3 Å². The fourth-order valence-electron chi connectivity index (χ4n) is 11.4. The van der Waals surface area contributed by atoms with Crippen LogP contribution in [0.25, 0.3) is 10.8 Å². The summed E-state index contributed by atoms with van der Waals surface area (Å²) in [6, 6.07) is 31.8. The molecule has 430 valence electrons. The van der Waals surface area contributed by atoms with E-state index in [9.17, 15) is 24.0 Å². The normalized spacial score (nSPS) is 19.5. The van der Waals surface area contributed by atoms with E-state index in [2.05, 4.69) is 74.4 Å². The average Bonchev–Trinajstić information content (AvgIpc) is 4.08. The molecule has 8 rings (SSSR count). The van der Waals surface area contributed by atoms with Crippen LogP contribution in [-0.2, 0) is 49.8 Å². The number of nitrogens with zero attached hydrogens (tertiary/aromatic N) is 3. The lowest BCUT2D eigenvalue weighted by atomic mass is 9.84. The molecule has 0 aromatic heterocycles. The van der Waals surface area contributed by atoms with Gasteiger partial charge in [0.15, 0.2) is 0 Å². The van der Waals surface area contributed by atoms with E-state index in [-0.39, 0.29) is 60.7 Å². The first-order valence-corrected chi connectivity index (χ1v) is 28.7. The van der Waals surface area contributed by atoms with Crippen molar-refractivity contribution in [2.24, 2.45) is 10.8 Å².